The van der Waals surface area contributed by atoms with E-state index in [4.69, 9.17) is 0 Å². The minimum Gasteiger partial charge on any atom is -0.311 e. The van der Waals surface area contributed by atoms with Crippen LogP contribution in [0.3, 0.4) is 0 Å². The molecule has 4 heteroatoms. The van der Waals surface area contributed by atoms with Crippen LogP contribution in [-0.2, 0) is 6.42 Å². The van der Waals surface area contributed by atoms with Gasteiger partial charge < -0.3 is 4.98 Å². The van der Waals surface area contributed by atoms with Crippen LogP contribution in [0.2, 0.25) is 0 Å². The average Bonchev–Trinajstić information content (AvgIpc) is 2.71. The Morgan fingerprint density at radius 1 is 0.964 bits per heavy atom. The van der Waals surface area contributed by atoms with E-state index in [1.165, 1.54) is 16.7 Å². The van der Waals surface area contributed by atoms with Gasteiger partial charge in [0.2, 0.25) is 0 Å². The standard InChI is InChI=1S/C24H24N2O2/c1-16-7-9-18(10-8-16)19-11-13-20(14-12-19)22-21(23(27)26-24(28)25-22)15-17-5-3-2-4-6-17/h2-11,20H,12-15H2,1H3,(H2,25,26,27,28). The van der Waals surface area contributed by atoms with E-state index < -0.39 is 5.69 Å². The van der Waals surface area contributed by atoms with Crippen LogP contribution in [0.5, 0.6) is 0 Å². The summed E-state index contributed by atoms with van der Waals surface area (Å²) in [6, 6.07) is 18.5. The van der Waals surface area contributed by atoms with Crippen molar-refractivity contribution in [2.75, 3.05) is 0 Å². The summed E-state index contributed by atoms with van der Waals surface area (Å²) in [5, 5.41) is 0. The topological polar surface area (TPSA) is 65.7 Å². The number of allylic oxidation sites excluding steroid dienone is 2. The normalized spacial score (nSPS) is 16.6. The van der Waals surface area contributed by atoms with Crippen LogP contribution < -0.4 is 11.2 Å². The average molecular weight is 372 g/mol. The van der Waals surface area contributed by atoms with E-state index in [0.717, 1.165) is 30.5 Å². The first-order valence-electron chi connectivity index (χ1n) is 9.75. The fourth-order valence-electron chi connectivity index (χ4n) is 3.98. The van der Waals surface area contributed by atoms with Crippen LogP contribution in [0.4, 0.5) is 0 Å². The Bertz CT molecular complexity index is 1110. The summed E-state index contributed by atoms with van der Waals surface area (Å²) < 4.78 is 0. The van der Waals surface area contributed by atoms with Crippen LogP contribution >= 0.6 is 0 Å². The number of H-pyrrole nitrogens is 2. The number of nitrogens with one attached hydrogen (secondary N) is 2. The maximum atomic E-state index is 12.5. The van der Waals surface area contributed by atoms with Crippen molar-refractivity contribution in [2.24, 2.45) is 0 Å². The first kappa shape index (κ1) is 18.2. The molecule has 1 unspecified atom stereocenters. The monoisotopic (exact) mass is 372 g/mol. The molecule has 0 amide bonds. The molecule has 1 atom stereocenters. The highest BCUT2D eigenvalue weighted by molar-refractivity contribution is 5.66. The van der Waals surface area contributed by atoms with E-state index in [1.807, 2.05) is 30.3 Å². The predicted molar refractivity (Wildman–Crippen MR) is 113 cm³/mol. The molecule has 3 aromatic rings. The van der Waals surface area contributed by atoms with Crippen molar-refractivity contribution in [3.8, 4) is 0 Å². The number of aromatic nitrogens is 2. The van der Waals surface area contributed by atoms with E-state index >= 15 is 0 Å². The molecule has 0 radical (unpaired) electrons. The molecule has 0 saturated carbocycles. The Labute approximate surface area is 164 Å². The van der Waals surface area contributed by atoms with Gasteiger partial charge in [0, 0.05) is 23.6 Å². The van der Waals surface area contributed by atoms with Gasteiger partial charge in [0.05, 0.1) is 0 Å². The second-order valence-electron chi connectivity index (χ2n) is 7.53. The number of rotatable bonds is 4. The molecule has 1 aromatic heterocycles. The first-order chi connectivity index (χ1) is 13.6. The molecule has 4 rings (SSSR count). The molecule has 4 nitrogen and oxygen atoms in total. The van der Waals surface area contributed by atoms with Crippen molar-refractivity contribution in [1.29, 1.82) is 0 Å². The minimum absolute atomic E-state index is 0.155. The molecule has 0 saturated heterocycles. The number of hydrogen-bond donors (Lipinski definition) is 2. The third-order valence-electron chi connectivity index (χ3n) is 5.54. The summed E-state index contributed by atoms with van der Waals surface area (Å²) in [5.41, 5.74) is 5.67. The third-order valence-corrected chi connectivity index (χ3v) is 5.54. The fraction of sp³-hybridized carbons (Fsp3) is 0.250. The lowest BCUT2D eigenvalue weighted by atomic mass is 9.83. The van der Waals surface area contributed by atoms with E-state index in [0.29, 0.717) is 12.0 Å². The van der Waals surface area contributed by atoms with Crippen LogP contribution in [0, 0.1) is 6.92 Å². The largest absolute Gasteiger partial charge is 0.325 e. The summed E-state index contributed by atoms with van der Waals surface area (Å²) in [6.07, 6.45) is 5.45. The molecule has 1 aliphatic carbocycles. The smallest absolute Gasteiger partial charge is 0.311 e. The van der Waals surface area contributed by atoms with Gasteiger partial charge in [0.25, 0.3) is 5.56 Å². The highest BCUT2D eigenvalue weighted by atomic mass is 16.2. The summed E-state index contributed by atoms with van der Waals surface area (Å²) in [5.74, 6) is 0.155. The third kappa shape index (κ3) is 3.91. The molecule has 1 heterocycles. The van der Waals surface area contributed by atoms with Gasteiger partial charge in [-0.1, -0.05) is 66.2 Å². The van der Waals surface area contributed by atoms with Gasteiger partial charge in [-0.3, -0.25) is 9.78 Å². The van der Waals surface area contributed by atoms with Gasteiger partial charge in [-0.05, 0) is 42.9 Å². The Morgan fingerprint density at radius 3 is 2.39 bits per heavy atom. The lowest BCUT2D eigenvalue weighted by Crippen LogP contribution is -2.29. The van der Waals surface area contributed by atoms with Gasteiger partial charge in [-0.15, -0.1) is 0 Å². The molecular formula is C24H24N2O2. The molecule has 2 aromatic carbocycles. The zero-order valence-electron chi connectivity index (χ0n) is 16.0. The zero-order valence-corrected chi connectivity index (χ0v) is 16.0. The van der Waals surface area contributed by atoms with Crippen LogP contribution in [0.15, 0.2) is 70.3 Å². The first-order valence-corrected chi connectivity index (χ1v) is 9.75. The molecule has 0 aliphatic heterocycles. The molecule has 0 fully saturated rings. The maximum absolute atomic E-state index is 12.5. The lowest BCUT2D eigenvalue weighted by molar-refractivity contribution is 0.596. The Hall–Kier alpha value is -3.14. The van der Waals surface area contributed by atoms with E-state index in [9.17, 15) is 9.59 Å². The SMILES string of the molecule is Cc1ccc(C2=CCC(c3[nH]c(=O)[nH]c(=O)c3Cc3ccccc3)CC2)cc1. The highest BCUT2D eigenvalue weighted by Crippen LogP contribution is 2.36. The summed E-state index contributed by atoms with van der Waals surface area (Å²) in [4.78, 5) is 29.8. The minimum atomic E-state index is -0.426. The molecule has 1 aliphatic rings. The molecule has 0 bridgehead atoms. The van der Waals surface area contributed by atoms with E-state index in [2.05, 4.69) is 47.2 Å². The molecule has 2 N–H and O–H groups in total. The van der Waals surface area contributed by atoms with Gasteiger partial charge in [0.15, 0.2) is 0 Å². The molecule has 0 spiro atoms. The zero-order chi connectivity index (χ0) is 19.5. The van der Waals surface area contributed by atoms with Crippen molar-refractivity contribution < 1.29 is 0 Å². The van der Waals surface area contributed by atoms with Gasteiger partial charge in [0.1, 0.15) is 0 Å². The quantitative estimate of drug-likeness (QED) is 0.716. The van der Waals surface area contributed by atoms with Crippen LogP contribution in [-0.4, -0.2) is 9.97 Å². The van der Waals surface area contributed by atoms with Crippen molar-refractivity contribution in [3.05, 3.63) is 109 Å². The van der Waals surface area contributed by atoms with Gasteiger partial charge >= 0.3 is 5.69 Å². The maximum Gasteiger partial charge on any atom is 0.325 e. The Balaban J connectivity index is 1.63. The Kier molecular flexibility index (Phi) is 5.11. The fourth-order valence-corrected chi connectivity index (χ4v) is 3.98. The van der Waals surface area contributed by atoms with Crippen LogP contribution in [0.25, 0.3) is 5.57 Å². The second kappa shape index (κ2) is 7.85. The number of hydrogen-bond acceptors (Lipinski definition) is 2. The summed E-state index contributed by atoms with van der Waals surface area (Å²) >= 11 is 0. The van der Waals surface area contributed by atoms with Crippen molar-refractivity contribution in [2.45, 2.75) is 38.5 Å². The Morgan fingerprint density at radius 2 is 1.71 bits per heavy atom. The highest BCUT2D eigenvalue weighted by Gasteiger charge is 2.22. The van der Waals surface area contributed by atoms with Crippen molar-refractivity contribution in [1.82, 2.24) is 9.97 Å². The number of aromatic amines is 2. The summed E-state index contributed by atoms with van der Waals surface area (Å²) in [7, 11) is 0. The molecule has 28 heavy (non-hydrogen) atoms. The second-order valence-corrected chi connectivity index (χ2v) is 7.53. The van der Waals surface area contributed by atoms with Crippen molar-refractivity contribution >= 4 is 5.57 Å². The van der Waals surface area contributed by atoms with Gasteiger partial charge in [-0.2, -0.15) is 0 Å². The molecule has 142 valence electrons. The predicted octanol–water partition coefficient (Wildman–Crippen LogP) is 4.31. The number of aryl methyl sites for hydroxylation is 1. The van der Waals surface area contributed by atoms with E-state index in [1.54, 1.807) is 0 Å². The summed E-state index contributed by atoms with van der Waals surface area (Å²) in [6.45, 7) is 2.09. The molecular weight excluding hydrogens is 348 g/mol. The van der Waals surface area contributed by atoms with Gasteiger partial charge in [-0.25, -0.2) is 4.79 Å². The van der Waals surface area contributed by atoms with Crippen LogP contribution in [0.1, 0.15) is 53.1 Å². The van der Waals surface area contributed by atoms with E-state index in [-0.39, 0.29) is 11.5 Å². The van der Waals surface area contributed by atoms with Crippen molar-refractivity contribution in [3.63, 3.8) is 0 Å². The lowest BCUT2D eigenvalue weighted by Gasteiger charge is -2.24. The number of benzene rings is 2.